The number of pyridine rings is 2. The Labute approximate surface area is 189 Å². The topological polar surface area (TPSA) is 67.5 Å². The van der Waals surface area contributed by atoms with E-state index in [1.165, 1.54) is 6.20 Å². The maximum Gasteiger partial charge on any atom is 0.306 e. The predicted molar refractivity (Wildman–Crippen MR) is 120 cm³/mol. The molecule has 0 radical (unpaired) electrons. The van der Waals surface area contributed by atoms with Gasteiger partial charge in [0.1, 0.15) is 6.42 Å². The second kappa shape index (κ2) is 9.25. The third kappa shape index (κ3) is 5.09. The monoisotopic (exact) mass is 446 g/mol. The highest BCUT2D eigenvalue weighted by atomic mass is 19.3. The van der Waals surface area contributed by atoms with Gasteiger partial charge in [-0.25, -0.2) is 15.4 Å². The van der Waals surface area contributed by atoms with Gasteiger partial charge in [-0.2, -0.15) is 0 Å². The van der Waals surface area contributed by atoms with Crippen LogP contribution in [0.5, 0.6) is 0 Å². The number of halogens is 2. The van der Waals surface area contributed by atoms with Crippen LogP contribution in [0.1, 0.15) is 40.7 Å². The summed E-state index contributed by atoms with van der Waals surface area (Å²) in [6, 6.07) is 10.9. The van der Waals surface area contributed by atoms with Crippen LogP contribution in [0, 0.1) is 6.57 Å². The number of ketones is 1. The first kappa shape index (κ1) is 22.2. The SMILES string of the molecule is [C-]#[N+][C@@H]1CC(F)(F)CN1C(=O)CCC(=O)c1ccnc2ccc(/C=C/c3cccnc3)cc12. The third-order valence-electron chi connectivity index (χ3n) is 5.50. The van der Waals surface area contributed by atoms with Crippen molar-refractivity contribution >= 4 is 34.7 Å². The molecule has 0 unspecified atom stereocenters. The lowest BCUT2D eigenvalue weighted by atomic mass is 10.00. The van der Waals surface area contributed by atoms with Crippen molar-refractivity contribution in [3.05, 3.63) is 83.1 Å². The molecular formula is C25H20F2N4O2. The number of benzene rings is 1. The molecule has 0 aliphatic carbocycles. The summed E-state index contributed by atoms with van der Waals surface area (Å²) in [5.74, 6) is -3.97. The smallest absolute Gasteiger partial charge is 0.294 e. The molecule has 0 N–H and O–H groups in total. The highest BCUT2D eigenvalue weighted by Gasteiger charge is 2.50. The van der Waals surface area contributed by atoms with Crippen molar-refractivity contribution in [2.24, 2.45) is 0 Å². The van der Waals surface area contributed by atoms with Crippen molar-refractivity contribution in [2.45, 2.75) is 31.4 Å². The minimum atomic E-state index is -3.07. The standard InChI is InChI=1S/C25H20F2N4O2/c1-28-23-14-25(26,27)16-31(23)24(33)9-8-22(32)19-10-12-30-21-7-6-17(13-20(19)21)4-5-18-3-2-11-29-15-18/h2-7,10-13,15,23H,8-9,14,16H2/b5-4+/t23-/m0/s1. The fraction of sp³-hybridized carbons (Fsp3) is 0.240. The third-order valence-corrected chi connectivity index (χ3v) is 5.50. The van der Waals surface area contributed by atoms with Crippen molar-refractivity contribution in [3.8, 4) is 0 Å². The van der Waals surface area contributed by atoms with Gasteiger partial charge in [-0.15, -0.1) is 0 Å². The maximum absolute atomic E-state index is 13.6. The van der Waals surface area contributed by atoms with Crippen LogP contribution in [0.15, 0.2) is 55.0 Å². The van der Waals surface area contributed by atoms with Gasteiger partial charge >= 0.3 is 6.17 Å². The molecule has 1 saturated heterocycles. The largest absolute Gasteiger partial charge is 0.306 e. The Morgan fingerprint density at radius 3 is 2.73 bits per heavy atom. The van der Waals surface area contributed by atoms with Gasteiger partial charge in [0.2, 0.25) is 5.91 Å². The van der Waals surface area contributed by atoms with E-state index in [0.29, 0.717) is 16.5 Å². The van der Waals surface area contributed by atoms with Gasteiger partial charge in [0.15, 0.2) is 5.78 Å². The van der Waals surface area contributed by atoms with Gasteiger partial charge in [-0.05, 0) is 35.4 Å². The van der Waals surface area contributed by atoms with Crippen molar-refractivity contribution in [1.29, 1.82) is 0 Å². The molecule has 2 aromatic heterocycles. The van der Waals surface area contributed by atoms with Crippen LogP contribution in [0.4, 0.5) is 8.78 Å². The summed E-state index contributed by atoms with van der Waals surface area (Å²) in [4.78, 5) is 37.7. The number of fused-ring (bicyclic) bond motifs is 1. The van der Waals surface area contributed by atoms with E-state index in [0.717, 1.165) is 16.0 Å². The Morgan fingerprint density at radius 2 is 1.97 bits per heavy atom. The van der Waals surface area contributed by atoms with E-state index < -0.39 is 31.0 Å². The van der Waals surface area contributed by atoms with E-state index >= 15 is 0 Å². The zero-order chi connectivity index (χ0) is 23.4. The Hall–Kier alpha value is -3.99. The minimum Gasteiger partial charge on any atom is -0.294 e. The molecule has 0 saturated carbocycles. The average molecular weight is 446 g/mol. The van der Waals surface area contributed by atoms with Crippen LogP contribution >= 0.6 is 0 Å². The van der Waals surface area contributed by atoms with E-state index in [2.05, 4.69) is 14.8 Å². The molecule has 33 heavy (non-hydrogen) atoms. The number of aromatic nitrogens is 2. The lowest BCUT2D eigenvalue weighted by molar-refractivity contribution is -0.132. The fourth-order valence-electron chi connectivity index (χ4n) is 3.84. The molecule has 1 aromatic carbocycles. The van der Waals surface area contributed by atoms with E-state index in [1.54, 1.807) is 18.5 Å². The Morgan fingerprint density at radius 1 is 1.15 bits per heavy atom. The second-order valence-electron chi connectivity index (χ2n) is 7.87. The first-order valence-electron chi connectivity index (χ1n) is 10.4. The molecule has 3 heterocycles. The zero-order valence-electron chi connectivity index (χ0n) is 17.6. The quantitative estimate of drug-likeness (QED) is 0.400. The van der Waals surface area contributed by atoms with Crippen LogP contribution in [0.25, 0.3) is 27.9 Å². The van der Waals surface area contributed by atoms with Crippen LogP contribution in [0.3, 0.4) is 0 Å². The number of likely N-dealkylation sites (tertiary alicyclic amines) is 1. The summed E-state index contributed by atoms with van der Waals surface area (Å²) in [5, 5.41) is 0.648. The molecule has 1 aliphatic heterocycles. The Bertz CT molecular complexity index is 1270. The van der Waals surface area contributed by atoms with Gasteiger partial charge < -0.3 is 0 Å². The van der Waals surface area contributed by atoms with E-state index in [9.17, 15) is 18.4 Å². The number of carbonyl (C=O) groups excluding carboxylic acids is 2. The minimum absolute atomic E-state index is 0.138. The second-order valence-corrected chi connectivity index (χ2v) is 7.87. The van der Waals surface area contributed by atoms with Gasteiger partial charge in [-0.1, -0.05) is 24.3 Å². The normalized spacial score (nSPS) is 17.4. The van der Waals surface area contributed by atoms with Gasteiger partial charge in [0.05, 0.1) is 12.1 Å². The molecule has 0 bridgehead atoms. The molecule has 1 atom stereocenters. The molecule has 3 aromatic rings. The number of carbonyl (C=O) groups is 2. The highest BCUT2D eigenvalue weighted by molar-refractivity contribution is 6.08. The van der Waals surface area contributed by atoms with Crippen molar-refractivity contribution in [2.75, 3.05) is 6.54 Å². The summed E-state index contributed by atoms with van der Waals surface area (Å²) in [6.45, 7) is 6.29. The van der Waals surface area contributed by atoms with Crippen molar-refractivity contribution in [1.82, 2.24) is 14.9 Å². The molecule has 6 nitrogen and oxygen atoms in total. The van der Waals surface area contributed by atoms with Crippen LogP contribution in [0.2, 0.25) is 0 Å². The van der Waals surface area contributed by atoms with Gasteiger partial charge in [0, 0.05) is 42.4 Å². The lowest BCUT2D eigenvalue weighted by Gasteiger charge is -2.16. The molecule has 166 valence electrons. The Kier molecular flexibility index (Phi) is 6.22. The Balaban J connectivity index is 1.50. The molecule has 8 heteroatoms. The molecular weight excluding hydrogens is 426 g/mol. The predicted octanol–water partition coefficient (Wildman–Crippen LogP) is 4.88. The number of hydrogen-bond acceptors (Lipinski definition) is 4. The summed E-state index contributed by atoms with van der Waals surface area (Å²) >= 11 is 0. The van der Waals surface area contributed by atoms with Crippen molar-refractivity contribution in [3.63, 3.8) is 0 Å². The summed E-state index contributed by atoms with van der Waals surface area (Å²) < 4.78 is 27.2. The first-order valence-corrected chi connectivity index (χ1v) is 10.4. The molecule has 1 fully saturated rings. The summed E-state index contributed by atoms with van der Waals surface area (Å²) in [5.41, 5.74) is 2.85. The number of alkyl halides is 2. The zero-order valence-corrected chi connectivity index (χ0v) is 17.6. The molecule has 0 spiro atoms. The van der Waals surface area contributed by atoms with E-state index in [1.807, 2.05) is 42.5 Å². The van der Waals surface area contributed by atoms with Crippen LogP contribution in [-0.4, -0.2) is 45.2 Å². The summed E-state index contributed by atoms with van der Waals surface area (Å²) in [6.07, 6.45) is 6.55. The van der Waals surface area contributed by atoms with Crippen molar-refractivity contribution < 1.29 is 18.4 Å². The van der Waals surface area contributed by atoms with E-state index in [-0.39, 0.29) is 18.6 Å². The van der Waals surface area contributed by atoms with E-state index in [4.69, 9.17) is 6.57 Å². The number of Topliss-reactive ketones (excluding diaryl/α,β-unsaturated/α-hetero) is 1. The fourth-order valence-corrected chi connectivity index (χ4v) is 3.84. The number of rotatable bonds is 6. The first-order chi connectivity index (χ1) is 15.9. The lowest BCUT2D eigenvalue weighted by Crippen LogP contribution is -2.35. The molecule has 1 aliphatic rings. The molecule has 4 rings (SSSR count). The van der Waals surface area contributed by atoms with Crippen LogP contribution < -0.4 is 0 Å². The highest BCUT2D eigenvalue weighted by Crippen LogP contribution is 2.33. The van der Waals surface area contributed by atoms with Gasteiger partial charge in [0.25, 0.3) is 5.92 Å². The number of hydrogen-bond donors (Lipinski definition) is 0. The number of amides is 1. The van der Waals surface area contributed by atoms with Gasteiger partial charge in [-0.3, -0.25) is 29.3 Å². The maximum atomic E-state index is 13.6. The molecule has 1 amide bonds. The average Bonchev–Trinajstić information content (AvgIpc) is 3.15. The number of nitrogens with zero attached hydrogens (tertiary/aromatic N) is 4. The van der Waals surface area contributed by atoms with Crippen LogP contribution in [-0.2, 0) is 4.79 Å². The summed E-state index contributed by atoms with van der Waals surface area (Å²) in [7, 11) is 0.